The number of nitrogens with zero attached hydrogens (tertiary/aromatic N) is 2. The molecular formula is C11H10N4O. The van der Waals surface area contributed by atoms with Crippen LogP contribution in [0.2, 0.25) is 0 Å². The number of imidazole rings is 1. The number of aromatic amines is 1. The number of fused-ring (bicyclic) bond motifs is 1. The quantitative estimate of drug-likeness (QED) is 0.650. The number of nitrogens with one attached hydrogen (secondary N) is 1. The fourth-order valence-corrected chi connectivity index (χ4v) is 1.69. The molecule has 0 fully saturated rings. The summed E-state index contributed by atoms with van der Waals surface area (Å²) in [5, 5.41) is 4.55. The van der Waals surface area contributed by atoms with Crippen molar-refractivity contribution in [2.24, 2.45) is 0 Å². The third-order valence-electron chi connectivity index (χ3n) is 2.51. The lowest BCUT2D eigenvalue weighted by Gasteiger charge is -1.96. The highest BCUT2D eigenvalue weighted by atomic mass is 16.5. The molecule has 1 aromatic carbocycles. The van der Waals surface area contributed by atoms with Crippen molar-refractivity contribution >= 4 is 16.8 Å². The van der Waals surface area contributed by atoms with E-state index in [1.807, 2.05) is 25.1 Å². The molecule has 2 aromatic heterocycles. The Hall–Kier alpha value is -2.30. The average Bonchev–Trinajstić information content (AvgIpc) is 2.86. The van der Waals surface area contributed by atoms with Crippen molar-refractivity contribution in [2.75, 3.05) is 5.73 Å². The minimum absolute atomic E-state index is 0.419. The van der Waals surface area contributed by atoms with Crippen LogP contribution in [-0.2, 0) is 0 Å². The lowest BCUT2D eigenvalue weighted by atomic mass is 10.1. The zero-order chi connectivity index (χ0) is 11.1. The van der Waals surface area contributed by atoms with E-state index >= 15 is 0 Å². The molecule has 5 nitrogen and oxygen atoms in total. The number of nitrogen functional groups attached to an aromatic ring is 1. The standard InChI is InChI=1S/C11H10N4O/c1-6-13-5-9(14-6)7-2-3-8-10(4-7)16-15-11(8)12/h2-5H,1H3,(H2,12,15)(H,13,14). The van der Waals surface area contributed by atoms with E-state index < -0.39 is 0 Å². The lowest BCUT2D eigenvalue weighted by Crippen LogP contribution is -1.83. The van der Waals surface area contributed by atoms with Gasteiger partial charge in [0.05, 0.1) is 17.3 Å². The van der Waals surface area contributed by atoms with E-state index in [0.717, 1.165) is 22.5 Å². The summed E-state index contributed by atoms with van der Waals surface area (Å²) in [5.74, 6) is 1.30. The topological polar surface area (TPSA) is 80.7 Å². The predicted octanol–water partition coefficient (Wildman–Crippen LogP) is 2.11. The second-order valence-corrected chi connectivity index (χ2v) is 3.66. The SMILES string of the molecule is Cc1ncc(-c2ccc3c(N)noc3c2)[nH]1. The number of aryl methyl sites for hydroxylation is 1. The third-order valence-corrected chi connectivity index (χ3v) is 2.51. The average molecular weight is 214 g/mol. The van der Waals surface area contributed by atoms with Gasteiger partial charge < -0.3 is 15.2 Å². The number of H-pyrrole nitrogens is 1. The zero-order valence-electron chi connectivity index (χ0n) is 8.69. The maximum Gasteiger partial charge on any atom is 0.174 e. The van der Waals surface area contributed by atoms with Gasteiger partial charge in [0.25, 0.3) is 0 Å². The summed E-state index contributed by atoms with van der Waals surface area (Å²) in [6, 6.07) is 5.75. The van der Waals surface area contributed by atoms with Gasteiger partial charge in [-0.2, -0.15) is 0 Å². The molecule has 0 aliphatic carbocycles. The lowest BCUT2D eigenvalue weighted by molar-refractivity contribution is 0.460. The molecule has 0 amide bonds. The largest absolute Gasteiger partial charge is 0.380 e. The molecule has 3 rings (SSSR count). The van der Waals surface area contributed by atoms with Crippen molar-refractivity contribution in [3.8, 4) is 11.3 Å². The zero-order valence-corrected chi connectivity index (χ0v) is 8.69. The van der Waals surface area contributed by atoms with Crippen LogP contribution in [0.5, 0.6) is 0 Å². The van der Waals surface area contributed by atoms with Crippen LogP contribution in [0.3, 0.4) is 0 Å². The molecule has 0 aliphatic rings. The number of nitrogens with two attached hydrogens (primary N) is 1. The monoisotopic (exact) mass is 214 g/mol. The normalized spacial score (nSPS) is 11.1. The number of rotatable bonds is 1. The van der Waals surface area contributed by atoms with Crippen LogP contribution in [0.15, 0.2) is 28.9 Å². The van der Waals surface area contributed by atoms with Crippen LogP contribution in [-0.4, -0.2) is 15.1 Å². The number of benzene rings is 1. The van der Waals surface area contributed by atoms with E-state index in [0.29, 0.717) is 11.4 Å². The summed E-state index contributed by atoms with van der Waals surface area (Å²) in [7, 11) is 0. The Balaban J connectivity index is 2.18. The van der Waals surface area contributed by atoms with E-state index in [4.69, 9.17) is 10.3 Å². The minimum atomic E-state index is 0.419. The molecule has 0 radical (unpaired) electrons. The van der Waals surface area contributed by atoms with E-state index in [1.165, 1.54) is 0 Å². The van der Waals surface area contributed by atoms with Crippen molar-refractivity contribution in [3.05, 3.63) is 30.2 Å². The van der Waals surface area contributed by atoms with Gasteiger partial charge in [-0.1, -0.05) is 11.2 Å². The third kappa shape index (κ3) is 1.25. The Morgan fingerprint density at radius 2 is 2.25 bits per heavy atom. The van der Waals surface area contributed by atoms with Gasteiger partial charge in [0.2, 0.25) is 0 Å². The van der Waals surface area contributed by atoms with Crippen molar-refractivity contribution in [1.29, 1.82) is 0 Å². The first kappa shape index (κ1) is 8.96. The molecular weight excluding hydrogens is 204 g/mol. The van der Waals surface area contributed by atoms with Crippen LogP contribution in [0, 0.1) is 6.92 Å². The van der Waals surface area contributed by atoms with Crippen molar-refractivity contribution in [3.63, 3.8) is 0 Å². The van der Waals surface area contributed by atoms with Gasteiger partial charge in [-0.05, 0) is 19.1 Å². The molecule has 0 bridgehead atoms. The Morgan fingerprint density at radius 1 is 1.38 bits per heavy atom. The van der Waals surface area contributed by atoms with Crippen LogP contribution in [0.1, 0.15) is 5.82 Å². The first-order chi connectivity index (χ1) is 7.74. The highest BCUT2D eigenvalue weighted by Crippen LogP contribution is 2.26. The van der Waals surface area contributed by atoms with Crippen molar-refractivity contribution in [1.82, 2.24) is 15.1 Å². The maximum atomic E-state index is 5.64. The second-order valence-electron chi connectivity index (χ2n) is 3.66. The molecule has 0 saturated carbocycles. The molecule has 3 aromatic rings. The van der Waals surface area contributed by atoms with Gasteiger partial charge in [0.15, 0.2) is 11.4 Å². The van der Waals surface area contributed by atoms with Crippen LogP contribution in [0.4, 0.5) is 5.82 Å². The predicted molar refractivity (Wildman–Crippen MR) is 60.7 cm³/mol. The van der Waals surface area contributed by atoms with Gasteiger partial charge in [0.1, 0.15) is 5.82 Å². The van der Waals surface area contributed by atoms with E-state index in [1.54, 1.807) is 6.20 Å². The molecule has 0 saturated heterocycles. The summed E-state index contributed by atoms with van der Waals surface area (Å²) >= 11 is 0. The Bertz CT molecular complexity index is 653. The number of aromatic nitrogens is 3. The molecule has 3 N–H and O–H groups in total. The molecule has 0 atom stereocenters. The number of hydrogen-bond acceptors (Lipinski definition) is 4. The highest BCUT2D eigenvalue weighted by molar-refractivity contribution is 5.89. The molecule has 16 heavy (non-hydrogen) atoms. The number of hydrogen-bond donors (Lipinski definition) is 2. The Labute approximate surface area is 91.3 Å². The summed E-state index contributed by atoms with van der Waals surface area (Å²) in [4.78, 5) is 7.31. The molecule has 0 spiro atoms. The summed E-state index contributed by atoms with van der Waals surface area (Å²) in [6.45, 7) is 1.91. The summed E-state index contributed by atoms with van der Waals surface area (Å²) < 4.78 is 5.11. The second kappa shape index (κ2) is 3.10. The van der Waals surface area contributed by atoms with E-state index in [-0.39, 0.29) is 0 Å². The van der Waals surface area contributed by atoms with Crippen LogP contribution < -0.4 is 5.73 Å². The molecule has 0 aliphatic heterocycles. The van der Waals surface area contributed by atoms with Gasteiger partial charge in [-0.25, -0.2) is 4.98 Å². The van der Waals surface area contributed by atoms with Gasteiger partial charge in [-0.3, -0.25) is 0 Å². The maximum absolute atomic E-state index is 5.64. The van der Waals surface area contributed by atoms with Crippen LogP contribution in [0.25, 0.3) is 22.2 Å². The van der Waals surface area contributed by atoms with Crippen molar-refractivity contribution < 1.29 is 4.52 Å². The molecule has 5 heteroatoms. The minimum Gasteiger partial charge on any atom is -0.380 e. The first-order valence-corrected chi connectivity index (χ1v) is 4.91. The summed E-state index contributed by atoms with van der Waals surface area (Å²) in [5.41, 5.74) is 8.28. The molecule has 0 unspecified atom stereocenters. The molecule has 2 heterocycles. The smallest absolute Gasteiger partial charge is 0.174 e. The Morgan fingerprint density at radius 3 is 3.00 bits per heavy atom. The Kier molecular flexibility index (Phi) is 1.73. The highest BCUT2D eigenvalue weighted by Gasteiger charge is 2.07. The summed E-state index contributed by atoms with van der Waals surface area (Å²) in [6.07, 6.45) is 1.79. The van der Waals surface area contributed by atoms with Gasteiger partial charge >= 0.3 is 0 Å². The van der Waals surface area contributed by atoms with Crippen LogP contribution >= 0.6 is 0 Å². The fourth-order valence-electron chi connectivity index (χ4n) is 1.69. The van der Waals surface area contributed by atoms with Crippen molar-refractivity contribution in [2.45, 2.75) is 6.92 Å². The van der Waals surface area contributed by atoms with Gasteiger partial charge in [-0.15, -0.1) is 0 Å². The van der Waals surface area contributed by atoms with Gasteiger partial charge in [0, 0.05) is 5.56 Å². The van der Waals surface area contributed by atoms with E-state index in [9.17, 15) is 0 Å². The first-order valence-electron chi connectivity index (χ1n) is 4.91. The number of anilines is 1. The fraction of sp³-hybridized carbons (Fsp3) is 0.0909. The molecule has 80 valence electrons. The van der Waals surface area contributed by atoms with E-state index in [2.05, 4.69) is 15.1 Å².